The molecule has 0 amide bonds. The summed E-state index contributed by atoms with van der Waals surface area (Å²) in [5.74, 6) is 0. The normalized spacial score (nSPS) is 16.0. The first-order valence-corrected chi connectivity index (χ1v) is 5.60. The average molecular weight is 230 g/mol. The Balaban J connectivity index is 3.60. The van der Waals surface area contributed by atoms with Gasteiger partial charge in [0, 0.05) is 0 Å². The number of aliphatic hydroxyl groups excluding tert-OH is 4. The van der Waals surface area contributed by atoms with Gasteiger partial charge in [-0.15, -0.1) is 0 Å². The van der Waals surface area contributed by atoms with Gasteiger partial charge in [0.05, 0.1) is 25.4 Å². The highest BCUT2D eigenvalue weighted by Gasteiger charge is 2.13. The van der Waals surface area contributed by atoms with Crippen LogP contribution in [0.1, 0.15) is 25.7 Å². The molecule has 0 unspecified atom stereocenters. The molecule has 16 heavy (non-hydrogen) atoms. The highest BCUT2D eigenvalue weighted by Crippen LogP contribution is 2.09. The molecule has 0 spiro atoms. The second-order valence-electron chi connectivity index (χ2n) is 3.60. The lowest BCUT2D eigenvalue weighted by atomic mass is 10.0. The summed E-state index contributed by atoms with van der Waals surface area (Å²) >= 11 is 0. The maximum absolute atomic E-state index is 9.55. The van der Waals surface area contributed by atoms with Crippen LogP contribution in [0.5, 0.6) is 0 Å². The molecule has 4 N–H and O–H groups in total. The zero-order valence-corrected chi connectivity index (χ0v) is 9.50. The number of rotatable bonds is 9. The molecule has 0 heterocycles. The van der Waals surface area contributed by atoms with Crippen molar-refractivity contribution in [2.75, 3.05) is 13.2 Å². The average Bonchev–Trinajstić information content (AvgIpc) is 2.29. The highest BCUT2D eigenvalue weighted by atomic mass is 16.3. The van der Waals surface area contributed by atoms with E-state index in [-0.39, 0.29) is 13.2 Å². The molecular weight excluding hydrogens is 208 g/mol. The molecule has 0 aliphatic rings. The van der Waals surface area contributed by atoms with Crippen molar-refractivity contribution in [1.29, 1.82) is 0 Å². The molecule has 0 aromatic heterocycles. The van der Waals surface area contributed by atoms with Crippen LogP contribution in [0, 0.1) is 0 Å². The molecule has 0 aliphatic carbocycles. The fourth-order valence-electron chi connectivity index (χ4n) is 1.30. The first-order chi connectivity index (χ1) is 7.72. The van der Waals surface area contributed by atoms with E-state index in [4.69, 9.17) is 10.2 Å². The Bertz CT molecular complexity index is 179. The van der Waals surface area contributed by atoms with Gasteiger partial charge in [0.25, 0.3) is 0 Å². The van der Waals surface area contributed by atoms with Crippen molar-refractivity contribution < 1.29 is 20.4 Å². The van der Waals surface area contributed by atoms with Gasteiger partial charge >= 0.3 is 0 Å². The number of hydrogen-bond donors (Lipinski definition) is 4. The van der Waals surface area contributed by atoms with Crippen LogP contribution in [-0.2, 0) is 0 Å². The Hall–Kier alpha value is -0.680. The summed E-state index contributed by atoms with van der Waals surface area (Å²) in [7, 11) is 0. The molecule has 0 aliphatic heterocycles. The van der Waals surface area contributed by atoms with Gasteiger partial charge in [0.2, 0.25) is 0 Å². The Labute approximate surface area is 96.6 Å². The standard InChI is InChI=1S/C12H22O4/c13-9-5-1-3-7-11(15)12(16)8-4-2-6-10-14/h1-2,5-6,11-16H,3-4,7-10H2/b5-1+,6-2+/t11-,12+. The lowest BCUT2D eigenvalue weighted by Gasteiger charge is -2.16. The Morgan fingerprint density at radius 3 is 1.38 bits per heavy atom. The van der Waals surface area contributed by atoms with Gasteiger partial charge < -0.3 is 20.4 Å². The van der Waals surface area contributed by atoms with Crippen molar-refractivity contribution in [2.24, 2.45) is 0 Å². The van der Waals surface area contributed by atoms with Crippen LogP contribution in [0.15, 0.2) is 24.3 Å². The topological polar surface area (TPSA) is 80.9 Å². The van der Waals surface area contributed by atoms with Crippen molar-refractivity contribution in [3.05, 3.63) is 24.3 Å². The van der Waals surface area contributed by atoms with E-state index in [1.807, 2.05) is 0 Å². The van der Waals surface area contributed by atoms with Crippen molar-refractivity contribution in [3.63, 3.8) is 0 Å². The second-order valence-corrected chi connectivity index (χ2v) is 3.60. The first-order valence-electron chi connectivity index (χ1n) is 5.60. The largest absolute Gasteiger partial charge is 0.392 e. The summed E-state index contributed by atoms with van der Waals surface area (Å²) in [6.45, 7) is 0.00913. The van der Waals surface area contributed by atoms with Gasteiger partial charge in [-0.1, -0.05) is 24.3 Å². The molecule has 0 bridgehead atoms. The summed E-state index contributed by atoms with van der Waals surface area (Å²) in [5, 5.41) is 36.1. The summed E-state index contributed by atoms with van der Waals surface area (Å²) in [4.78, 5) is 0. The lowest BCUT2D eigenvalue weighted by Crippen LogP contribution is -2.25. The highest BCUT2D eigenvalue weighted by molar-refractivity contribution is 4.85. The SMILES string of the molecule is OC/C=C/CC[C@@H](O)[C@@H](O)CC/C=C/CO. The third-order valence-electron chi connectivity index (χ3n) is 2.25. The third-order valence-corrected chi connectivity index (χ3v) is 2.25. The van der Waals surface area contributed by atoms with E-state index >= 15 is 0 Å². The summed E-state index contributed by atoms with van der Waals surface area (Å²) in [6.07, 6.45) is 7.59. The van der Waals surface area contributed by atoms with Crippen LogP contribution in [0.3, 0.4) is 0 Å². The van der Waals surface area contributed by atoms with Crippen LogP contribution in [0.4, 0.5) is 0 Å². The van der Waals surface area contributed by atoms with Gasteiger partial charge in [-0.3, -0.25) is 0 Å². The van der Waals surface area contributed by atoms with E-state index in [1.165, 1.54) is 0 Å². The number of hydrogen-bond acceptors (Lipinski definition) is 4. The molecule has 2 atom stereocenters. The van der Waals surface area contributed by atoms with Crippen molar-refractivity contribution in [1.82, 2.24) is 0 Å². The predicted octanol–water partition coefficient (Wildman–Crippen LogP) is 0.366. The summed E-state index contributed by atoms with van der Waals surface area (Å²) < 4.78 is 0. The Kier molecular flexibility index (Phi) is 10.4. The van der Waals surface area contributed by atoms with Crippen LogP contribution < -0.4 is 0 Å². The van der Waals surface area contributed by atoms with Gasteiger partial charge in [0.1, 0.15) is 0 Å². The van der Waals surface area contributed by atoms with Crippen molar-refractivity contribution in [2.45, 2.75) is 37.9 Å². The van der Waals surface area contributed by atoms with E-state index in [2.05, 4.69) is 0 Å². The van der Waals surface area contributed by atoms with Gasteiger partial charge in [-0.25, -0.2) is 0 Å². The van der Waals surface area contributed by atoms with E-state index in [1.54, 1.807) is 24.3 Å². The fraction of sp³-hybridized carbons (Fsp3) is 0.667. The molecule has 0 aromatic carbocycles. The molecule has 0 saturated heterocycles. The van der Waals surface area contributed by atoms with Gasteiger partial charge in [0.15, 0.2) is 0 Å². The Morgan fingerprint density at radius 1 is 0.688 bits per heavy atom. The maximum atomic E-state index is 9.55. The number of aliphatic hydroxyl groups is 4. The number of allylic oxidation sites excluding steroid dienone is 2. The van der Waals surface area contributed by atoms with Crippen LogP contribution >= 0.6 is 0 Å². The first kappa shape index (κ1) is 15.3. The van der Waals surface area contributed by atoms with Crippen molar-refractivity contribution in [3.8, 4) is 0 Å². The molecule has 0 radical (unpaired) electrons. The van der Waals surface area contributed by atoms with Crippen LogP contribution in [-0.4, -0.2) is 45.8 Å². The van der Waals surface area contributed by atoms with Crippen LogP contribution in [0.25, 0.3) is 0 Å². The molecule has 0 saturated carbocycles. The van der Waals surface area contributed by atoms with E-state index in [0.717, 1.165) is 0 Å². The molecule has 0 rings (SSSR count). The van der Waals surface area contributed by atoms with Gasteiger partial charge in [-0.2, -0.15) is 0 Å². The van der Waals surface area contributed by atoms with Crippen molar-refractivity contribution >= 4 is 0 Å². The van der Waals surface area contributed by atoms with E-state index in [0.29, 0.717) is 25.7 Å². The summed E-state index contributed by atoms with van der Waals surface area (Å²) in [6, 6.07) is 0. The minimum absolute atomic E-state index is 0.00457. The zero-order valence-electron chi connectivity index (χ0n) is 9.50. The molecule has 94 valence electrons. The summed E-state index contributed by atoms with van der Waals surface area (Å²) in [5.41, 5.74) is 0. The molecule has 4 nitrogen and oxygen atoms in total. The molecule has 0 aromatic rings. The van der Waals surface area contributed by atoms with Gasteiger partial charge in [-0.05, 0) is 25.7 Å². The Morgan fingerprint density at radius 2 is 1.06 bits per heavy atom. The lowest BCUT2D eigenvalue weighted by molar-refractivity contribution is 0.0111. The van der Waals surface area contributed by atoms with E-state index in [9.17, 15) is 10.2 Å². The second kappa shape index (κ2) is 10.8. The fourth-order valence-corrected chi connectivity index (χ4v) is 1.30. The maximum Gasteiger partial charge on any atom is 0.0802 e. The molecule has 0 fully saturated rings. The monoisotopic (exact) mass is 230 g/mol. The van der Waals surface area contributed by atoms with Crippen LogP contribution in [0.2, 0.25) is 0 Å². The zero-order chi connectivity index (χ0) is 12.2. The predicted molar refractivity (Wildman–Crippen MR) is 62.9 cm³/mol. The quantitative estimate of drug-likeness (QED) is 0.431. The minimum atomic E-state index is -0.731. The molecular formula is C12H22O4. The van der Waals surface area contributed by atoms with E-state index < -0.39 is 12.2 Å². The molecule has 4 heteroatoms. The minimum Gasteiger partial charge on any atom is -0.392 e. The third kappa shape index (κ3) is 8.61. The smallest absolute Gasteiger partial charge is 0.0802 e.